The highest BCUT2D eigenvalue weighted by atomic mass is 32.2. The minimum atomic E-state index is -2.67. The molecule has 0 unspecified atom stereocenters. The molecule has 0 atom stereocenters. The summed E-state index contributed by atoms with van der Waals surface area (Å²) in [6, 6.07) is 0. The molecule has 5 nitrogen and oxygen atoms in total. The Hall–Kier alpha value is 0.217. The summed E-state index contributed by atoms with van der Waals surface area (Å²) in [4.78, 5) is 9.44. The molecule has 178 valence electrons. The quantitative estimate of drug-likeness (QED) is 0.336. The Balaban J connectivity index is -0.0000000520. The average molecular weight is 483 g/mol. The van der Waals surface area contributed by atoms with Crippen LogP contribution in [0.4, 0.5) is 0 Å². The molecule has 9 heteroatoms. The van der Waals surface area contributed by atoms with Gasteiger partial charge in [0.1, 0.15) is 15.6 Å². The van der Waals surface area contributed by atoms with Crippen molar-refractivity contribution in [3.05, 3.63) is 0 Å². The molecule has 0 N–H and O–H groups in total. The van der Waals surface area contributed by atoms with Crippen LogP contribution in [0.3, 0.4) is 0 Å². The number of rotatable bonds is 0. The van der Waals surface area contributed by atoms with Gasteiger partial charge in [0.25, 0.3) is 0 Å². The summed E-state index contributed by atoms with van der Waals surface area (Å²) in [7, 11) is -5.53. The number of Topliss-reactive ketones (excluding diaryl/α,β-unsaturated/α-hetero) is 1. The van der Waals surface area contributed by atoms with Crippen LogP contribution >= 0.6 is 7.14 Å². The second-order valence-corrected chi connectivity index (χ2v) is 24.2. The Bertz CT molecular complexity index is 465. The van der Waals surface area contributed by atoms with Crippen molar-refractivity contribution in [2.24, 2.45) is 5.41 Å². The van der Waals surface area contributed by atoms with Crippen molar-refractivity contribution in [2.45, 2.75) is 67.7 Å². The number of hydrogen-bond donors (Lipinski definition) is 0. The summed E-state index contributed by atoms with van der Waals surface area (Å²) in [6.45, 7) is 26.3. The maximum absolute atomic E-state index is 10.2. The largest absolute Gasteiger partial charge is 0.324 e. The highest BCUT2D eigenvalue weighted by molar-refractivity contribution is 7.89. The van der Waals surface area contributed by atoms with E-state index in [1.165, 1.54) is 13.8 Å². The lowest BCUT2D eigenvalue weighted by Gasteiger charge is -2.05. The second-order valence-electron chi connectivity index (χ2n) is 10.7. The first-order chi connectivity index (χ1) is 11.5. The SMILES string of the molecule is CC(C)(C)C.CC(C)=O.CP(C)(C)=O.CS(C)(=O)=O.CS(C)=O.C[Si](C)(C)C. The van der Waals surface area contributed by atoms with Gasteiger partial charge in [-0.3, -0.25) is 4.21 Å². The molecular formula is C19H51O5PS2Si. The highest BCUT2D eigenvalue weighted by Crippen LogP contribution is 2.28. The van der Waals surface area contributed by atoms with Crippen LogP contribution < -0.4 is 0 Å². The lowest BCUT2D eigenvalue weighted by Crippen LogP contribution is -2.10. The fourth-order valence-electron chi connectivity index (χ4n) is 0. The molecule has 0 bridgehead atoms. The van der Waals surface area contributed by atoms with Crippen LogP contribution in [0.2, 0.25) is 26.2 Å². The molecule has 0 amide bonds. The van der Waals surface area contributed by atoms with E-state index in [0.717, 1.165) is 12.5 Å². The fourth-order valence-corrected chi connectivity index (χ4v) is 0. The van der Waals surface area contributed by atoms with Crippen LogP contribution in [0.1, 0.15) is 41.5 Å². The molecule has 0 saturated heterocycles. The molecule has 0 rings (SSSR count). The van der Waals surface area contributed by atoms with Crippen molar-refractivity contribution < 1.29 is 22.0 Å². The van der Waals surface area contributed by atoms with Gasteiger partial charge in [-0.05, 0) is 39.3 Å². The third-order valence-electron chi connectivity index (χ3n) is 0. The van der Waals surface area contributed by atoms with Gasteiger partial charge < -0.3 is 9.36 Å². The van der Waals surface area contributed by atoms with Gasteiger partial charge in [-0.2, -0.15) is 0 Å². The summed E-state index contributed by atoms with van der Waals surface area (Å²) >= 11 is 0. The monoisotopic (exact) mass is 482 g/mol. The number of carbonyl (C=O) groups is 1. The van der Waals surface area contributed by atoms with Gasteiger partial charge in [0, 0.05) is 43.9 Å². The molecule has 0 aromatic rings. The maximum Gasteiger partial charge on any atom is 0.144 e. The average Bonchev–Trinajstić information content (AvgIpc) is 1.99. The number of carbonyl (C=O) groups excluding carboxylic acids is 1. The van der Waals surface area contributed by atoms with Gasteiger partial charge in [-0.25, -0.2) is 8.42 Å². The predicted octanol–water partition coefficient (Wildman–Crippen LogP) is 5.50. The van der Waals surface area contributed by atoms with E-state index in [1.807, 2.05) is 0 Å². The Labute approximate surface area is 181 Å². The van der Waals surface area contributed by atoms with E-state index < -0.39 is 35.9 Å². The Morgan fingerprint density at radius 2 is 0.857 bits per heavy atom. The Morgan fingerprint density at radius 1 is 0.857 bits per heavy atom. The molecule has 0 aliphatic rings. The van der Waals surface area contributed by atoms with Gasteiger partial charge in [-0.15, -0.1) is 0 Å². The van der Waals surface area contributed by atoms with Crippen molar-refractivity contribution in [2.75, 3.05) is 45.0 Å². The van der Waals surface area contributed by atoms with Crippen molar-refractivity contribution >= 4 is 41.6 Å². The highest BCUT2D eigenvalue weighted by Gasteiger charge is 1.99. The minimum Gasteiger partial charge on any atom is -0.324 e. The van der Waals surface area contributed by atoms with Crippen LogP contribution in [0.15, 0.2) is 0 Å². The number of sulfone groups is 1. The molecule has 0 aliphatic heterocycles. The second kappa shape index (κ2) is 20.5. The zero-order valence-corrected chi connectivity index (χ0v) is 25.3. The zero-order valence-electron chi connectivity index (χ0n) is 21.8. The summed E-state index contributed by atoms with van der Waals surface area (Å²) in [5.41, 5.74) is 0.500. The van der Waals surface area contributed by atoms with Gasteiger partial charge in [-0.1, -0.05) is 53.9 Å². The molecule has 0 aliphatic carbocycles. The maximum atomic E-state index is 10.2. The lowest BCUT2D eigenvalue weighted by molar-refractivity contribution is -0.115. The molecule has 0 heterocycles. The molecular weight excluding hydrogens is 431 g/mol. The third-order valence-corrected chi connectivity index (χ3v) is 0. The third kappa shape index (κ3) is 354000. The normalized spacial score (nSPS) is 10.6. The first-order valence-electron chi connectivity index (χ1n) is 8.86. The van der Waals surface area contributed by atoms with E-state index in [1.54, 1.807) is 32.5 Å². The molecule has 0 fully saturated rings. The van der Waals surface area contributed by atoms with Crippen LogP contribution in [-0.4, -0.2) is 71.5 Å². The number of hydrogen-bond acceptors (Lipinski definition) is 5. The summed E-state index contributed by atoms with van der Waals surface area (Å²) in [5, 5.41) is 0. The number of ketones is 1. The standard InChI is InChI=1S/C5H12.C4H12Si.C3H9OP.C3H6O.C2H6O2S.C2H6OS/c3*1-5(2,3)4;1-3(2)4;1-5(2,3)4;1-4(2)3/h2*1-4H3;1-3H3;1-2H3;1-2H3;1-2H3. The molecule has 28 heavy (non-hydrogen) atoms. The molecule has 0 saturated carbocycles. The molecule has 0 aromatic heterocycles. The summed E-state index contributed by atoms with van der Waals surface area (Å²) < 4.78 is 39.0. The van der Waals surface area contributed by atoms with Crippen LogP contribution in [-0.2, 0) is 30.0 Å². The van der Waals surface area contributed by atoms with E-state index in [0.29, 0.717) is 5.41 Å². The van der Waals surface area contributed by atoms with E-state index in [2.05, 4.69) is 53.9 Å². The van der Waals surface area contributed by atoms with Gasteiger partial charge in [0.15, 0.2) is 0 Å². The molecule has 0 aromatic carbocycles. The fraction of sp³-hybridized carbons (Fsp3) is 0.947. The van der Waals surface area contributed by atoms with Crippen molar-refractivity contribution in [1.29, 1.82) is 0 Å². The molecule has 0 radical (unpaired) electrons. The van der Waals surface area contributed by atoms with Gasteiger partial charge >= 0.3 is 0 Å². The topological polar surface area (TPSA) is 85.3 Å². The van der Waals surface area contributed by atoms with E-state index in [4.69, 9.17) is 0 Å². The van der Waals surface area contributed by atoms with E-state index in [-0.39, 0.29) is 5.78 Å². The lowest BCUT2D eigenvalue weighted by atomic mass is 10.0. The Morgan fingerprint density at radius 3 is 0.857 bits per heavy atom. The van der Waals surface area contributed by atoms with E-state index >= 15 is 0 Å². The zero-order chi connectivity index (χ0) is 25.2. The van der Waals surface area contributed by atoms with Crippen molar-refractivity contribution in [3.8, 4) is 0 Å². The smallest absolute Gasteiger partial charge is 0.144 e. The van der Waals surface area contributed by atoms with Gasteiger partial charge in [0.2, 0.25) is 0 Å². The van der Waals surface area contributed by atoms with Crippen molar-refractivity contribution in [1.82, 2.24) is 0 Å². The predicted molar refractivity (Wildman–Crippen MR) is 137 cm³/mol. The van der Waals surface area contributed by atoms with Crippen LogP contribution in [0, 0.1) is 5.41 Å². The van der Waals surface area contributed by atoms with Crippen LogP contribution in [0.25, 0.3) is 0 Å². The molecule has 0 spiro atoms. The van der Waals surface area contributed by atoms with Gasteiger partial charge in [0.05, 0.1) is 7.14 Å². The first kappa shape index (κ1) is 42.3. The summed E-state index contributed by atoms with van der Waals surface area (Å²) in [5.74, 6) is 0.167. The minimum absolute atomic E-state index is 0.167. The first-order valence-corrected chi connectivity index (χ1v) is 20.2. The van der Waals surface area contributed by atoms with Crippen LogP contribution in [0.5, 0.6) is 0 Å². The summed E-state index contributed by atoms with van der Waals surface area (Å²) in [6.07, 6.45) is 5.60. The van der Waals surface area contributed by atoms with Crippen molar-refractivity contribution in [3.63, 3.8) is 0 Å². The van der Waals surface area contributed by atoms with E-state index in [9.17, 15) is 22.0 Å². The Kier molecular flexibility index (Phi) is 31.0.